The van der Waals surface area contributed by atoms with Crippen LogP contribution < -0.4 is 10.6 Å². The number of amides is 4. The number of anilines is 1. The van der Waals surface area contributed by atoms with Crippen molar-refractivity contribution in [1.82, 2.24) is 15.1 Å². The van der Waals surface area contributed by atoms with Gasteiger partial charge in [0.1, 0.15) is 6.04 Å². The molecule has 182 valence electrons. The maximum Gasteiger partial charge on any atom is 0.319 e. The van der Waals surface area contributed by atoms with Crippen LogP contribution in [0.1, 0.15) is 37.6 Å². The lowest BCUT2D eigenvalue weighted by molar-refractivity contribution is -0.136. The van der Waals surface area contributed by atoms with E-state index < -0.39 is 12.1 Å². The fraction of sp³-hybridized carbons (Fsp3) is 0.400. The molecule has 1 heterocycles. The lowest BCUT2D eigenvalue weighted by Crippen LogP contribution is -2.60. The fourth-order valence-electron chi connectivity index (χ4n) is 3.99. The zero-order valence-electron chi connectivity index (χ0n) is 19.6. The van der Waals surface area contributed by atoms with E-state index in [1.165, 1.54) is 0 Å². The molecule has 34 heavy (non-hydrogen) atoms. The second-order valence-corrected chi connectivity index (χ2v) is 9.35. The number of rotatable bonds is 6. The molecular weight excluding hydrogens is 475 g/mol. The summed E-state index contributed by atoms with van der Waals surface area (Å²) in [4.78, 5) is 42.5. The van der Waals surface area contributed by atoms with E-state index in [1.807, 2.05) is 39.0 Å². The number of nitrogens with zero attached hydrogens (tertiary/aromatic N) is 2. The van der Waals surface area contributed by atoms with Crippen LogP contribution >= 0.6 is 23.2 Å². The van der Waals surface area contributed by atoms with Crippen molar-refractivity contribution in [1.29, 1.82) is 0 Å². The lowest BCUT2D eigenvalue weighted by Gasteiger charge is -2.41. The second-order valence-electron chi connectivity index (χ2n) is 8.56. The normalized spacial score (nSPS) is 17.6. The van der Waals surface area contributed by atoms with Crippen LogP contribution in [0.5, 0.6) is 0 Å². The molecule has 2 aromatic rings. The van der Waals surface area contributed by atoms with E-state index in [9.17, 15) is 14.4 Å². The summed E-state index contributed by atoms with van der Waals surface area (Å²) in [6.45, 7) is 7.05. The third-order valence-corrected chi connectivity index (χ3v) is 7.01. The number of halogens is 2. The van der Waals surface area contributed by atoms with Crippen molar-refractivity contribution in [2.75, 3.05) is 25.0 Å². The first-order valence-electron chi connectivity index (χ1n) is 11.4. The largest absolute Gasteiger partial charge is 0.337 e. The van der Waals surface area contributed by atoms with E-state index in [1.54, 1.807) is 40.1 Å². The molecule has 3 atom stereocenters. The van der Waals surface area contributed by atoms with Crippen LogP contribution in [0.2, 0.25) is 10.0 Å². The number of hydrogen-bond acceptors (Lipinski definition) is 3. The van der Waals surface area contributed by atoms with Gasteiger partial charge in [-0.25, -0.2) is 4.79 Å². The van der Waals surface area contributed by atoms with Gasteiger partial charge in [-0.05, 0) is 37.1 Å². The summed E-state index contributed by atoms with van der Waals surface area (Å²) in [6.07, 6.45) is 0.705. The van der Waals surface area contributed by atoms with Gasteiger partial charge in [0.2, 0.25) is 5.91 Å². The molecule has 7 nitrogen and oxygen atoms in total. The molecule has 2 aromatic carbocycles. The Balaban J connectivity index is 1.66. The number of nitrogens with one attached hydrogen (secondary N) is 2. The molecule has 3 rings (SSSR count). The average molecular weight is 505 g/mol. The van der Waals surface area contributed by atoms with Crippen molar-refractivity contribution < 1.29 is 14.4 Å². The van der Waals surface area contributed by atoms with Crippen molar-refractivity contribution in [3.63, 3.8) is 0 Å². The first-order chi connectivity index (χ1) is 16.2. The third-order valence-electron chi connectivity index (χ3n) is 6.19. The van der Waals surface area contributed by atoms with Crippen LogP contribution in [0.25, 0.3) is 0 Å². The Morgan fingerprint density at radius 2 is 1.76 bits per heavy atom. The maximum absolute atomic E-state index is 13.4. The minimum Gasteiger partial charge on any atom is -0.337 e. The average Bonchev–Trinajstić information content (AvgIpc) is 2.84. The van der Waals surface area contributed by atoms with E-state index in [0.29, 0.717) is 42.3 Å². The molecule has 0 bridgehead atoms. The Morgan fingerprint density at radius 3 is 2.41 bits per heavy atom. The van der Waals surface area contributed by atoms with Crippen molar-refractivity contribution in [3.8, 4) is 0 Å². The summed E-state index contributed by atoms with van der Waals surface area (Å²) in [5, 5.41) is 6.05. The highest BCUT2D eigenvalue weighted by Gasteiger charge is 2.35. The highest BCUT2D eigenvalue weighted by Crippen LogP contribution is 2.29. The number of hydrogen-bond donors (Lipinski definition) is 2. The summed E-state index contributed by atoms with van der Waals surface area (Å²) in [5.74, 6) is -0.303. The molecule has 0 aliphatic carbocycles. The van der Waals surface area contributed by atoms with Crippen LogP contribution in [-0.4, -0.2) is 59.4 Å². The Morgan fingerprint density at radius 1 is 1.06 bits per heavy atom. The molecule has 9 heteroatoms. The first kappa shape index (κ1) is 25.8. The minimum atomic E-state index is -0.716. The van der Waals surface area contributed by atoms with Crippen molar-refractivity contribution >= 4 is 46.7 Å². The molecule has 1 aliphatic heterocycles. The lowest BCUT2D eigenvalue weighted by atomic mass is 9.97. The molecule has 1 aliphatic rings. The van der Waals surface area contributed by atoms with Crippen LogP contribution in [0, 0.1) is 5.92 Å². The highest BCUT2D eigenvalue weighted by atomic mass is 35.5. The van der Waals surface area contributed by atoms with Gasteiger partial charge in [0.05, 0.1) is 15.7 Å². The van der Waals surface area contributed by atoms with Crippen molar-refractivity contribution in [2.45, 2.75) is 39.3 Å². The van der Waals surface area contributed by atoms with E-state index >= 15 is 0 Å². The Labute approximate surface area is 210 Å². The predicted molar refractivity (Wildman–Crippen MR) is 135 cm³/mol. The molecule has 4 amide bonds. The highest BCUT2D eigenvalue weighted by molar-refractivity contribution is 6.43. The molecule has 0 aromatic heterocycles. The van der Waals surface area contributed by atoms with Crippen molar-refractivity contribution in [3.05, 3.63) is 64.1 Å². The van der Waals surface area contributed by atoms with Crippen LogP contribution in [-0.2, 0) is 4.79 Å². The summed E-state index contributed by atoms with van der Waals surface area (Å²) >= 11 is 12.2. The summed E-state index contributed by atoms with van der Waals surface area (Å²) < 4.78 is 0. The van der Waals surface area contributed by atoms with Gasteiger partial charge >= 0.3 is 6.03 Å². The summed E-state index contributed by atoms with van der Waals surface area (Å²) in [6, 6.07) is 12.7. The van der Waals surface area contributed by atoms with Gasteiger partial charge in [0.25, 0.3) is 5.91 Å². The molecule has 1 fully saturated rings. The topological polar surface area (TPSA) is 81.8 Å². The Kier molecular flexibility index (Phi) is 8.80. The predicted octanol–water partition coefficient (Wildman–Crippen LogP) is 4.90. The quantitative estimate of drug-likeness (QED) is 0.586. The van der Waals surface area contributed by atoms with Crippen LogP contribution in [0.3, 0.4) is 0 Å². The van der Waals surface area contributed by atoms with Crippen molar-refractivity contribution in [2.24, 2.45) is 5.92 Å². The van der Waals surface area contributed by atoms with E-state index in [-0.39, 0.29) is 28.8 Å². The summed E-state index contributed by atoms with van der Waals surface area (Å²) in [5.41, 5.74) is 0.994. The maximum atomic E-state index is 13.4. The van der Waals surface area contributed by atoms with Gasteiger partial charge < -0.3 is 20.4 Å². The van der Waals surface area contributed by atoms with Crippen LogP contribution in [0.15, 0.2) is 48.5 Å². The molecular formula is C25H30Cl2N4O3. The molecule has 3 unspecified atom stereocenters. The zero-order chi connectivity index (χ0) is 24.8. The monoisotopic (exact) mass is 504 g/mol. The molecule has 0 saturated carbocycles. The van der Waals surface area contributed by atoms with Gasteiger partial charge in [-0.3, -0.25) is 9.59 Å². The second kappa shape index (κ2) is 11.6. The van der Waals surface area contributed by atoms with Gasteiger partial charge in [-0.2, -0.15) is 0 Å². The SMILES string of the molecule is CCC(C)C(NC(=O)Nc1cccc(Cl)c1Cl)C(=O)N1CCN(C(=O)c2ccccc2)C(C)C1. The molecule has 2 N–H and O–H groups in total. The molecule has 0 radical (unpaired) electrons. The van der Waals surface area contributed by atoms with Gasteiger partial charge in [0.15, 0.2) is 0 Å². The smallest absolute Gasteiger partial charge is 0.319 e. The standard InChI is InChI=1S/C25H30Cl2N4O3/c1-4-16(2)22(29-25(34)28-20-12-8-11-19(26)21(20)27)24(33)30-13-14-31(17(3)15-30)23(32)18-9-6-5-7-10-18/h5-12,16-17,22H,4,13-15H2,1-3H3,(H2,28,29,34). The number of urea groups is 1. The number of benzene rings is 2. The van der Waals surface area contributed by atoms with Crippen LogP contribution in [0.4, 0.5) is 10.5 Å². The summed E-state index contributed by atoms with van der Waals surface area (Å²) in [7, 11) is 0. The Hall–Kier alpha value is -2.77. The number of carbonyl (C=O) groups excluding carboxylic acids is 3. The van der Waals surface area contributed by atoms with Gasteiger partial charge in [-0.15, -0.1) is 0 Å². The van der Waals surface area contributed by atoms with Gasteiger partial charge in [-0.1, -0.05) is 67.7 Å². The van der Waals surface area contributed by atoms with E-state index in [4.69, 9.17) is 23.2 Å². The zero-order valence-corrected chi connectivity index (χ0v) is 21.1. The fourth-order valence-corrected chi connectivity index (χ4v) is 4.33. The Bertz CT molecular complexity index is 1030. The first-order valence-corrected chi connectivity index (χ1v) is 12.1. The van der Waals surface area contributed by atoms with Gasteiger partial charge in [0, 0.05) is 31.2 Å². The number of carbonyl (C=O) groups is 3. The van der Waals surface area contributed by atoms with E-state index in [2.05, 4.69) is 10.6 Å². The molecule has 1 saturated heterocycles. The number of piperazine rings is 1. The van der Waals surface area contributed by atoms with E-state index in [0.717, 1.165) is 0 Å². The minimum absolute atomic E-state index is 0.0467. The third kappa shape index (κ3) is 6.02. The molecule has 0 spiro atoms.